The fourth-order valence-electron chi connectivity index (χ4n) is 7.57. The summed E-state index contributed by atoms with van der Waals surface area (Å²) in [6, 6.07) is 69.1. The van der Waals surface area contributed by atoms with Gasteiger partial charge in [-0.05, 0) is 88.3 Å². The van der Waals surface area contributed by atoms with Crippen LogP contribution in [-0.2, 0) is 0 Å². The summed E-state index contributed by atoms with van der Waals surface area (Å²) >= 11 is 0. The predicted octanol–water partition coefficient (Wildman–Crippen LogP) is 13.5. The molecule has 2 heterocycles. The topological polar surface area (TPSA) is 21.3 Å². The molecule has 8 aromatic carbocycles. The Bertz CT molecular complexity index is 2820. The molecule has 0 fully saturated rings. The van der Waals surface area contributed by atoms with Crippen molar-refractivity contribution in [1.82, 2.24) is 4.57 Å². The molecule has 51 heavy (non-hydrogen) atoms. The molecule has 0 atom stereocenters. The zero-order chi connectivity index (χ0) is 33.7. The molecule has 0 bridgehead atoms. The number of para-hydroxylation sites is 2. The van der Waals surface area contributed by atoms with Gasteiger partial charge in [-0.15, -0.1) is 0 Å². The first kappa shape index (κ1) is 29.1. The van der Waals surface area contributed by atoms with Crippen LogP contribution in [0.2, 0.25) is 0 Å². The first-order valence-electron chi connectivity index (χ1n) is 17.4. The number of hydrogen-bond donors (Lipinski definition) is 0. The highest BCUT2D eigenvalue weighted by molar-refractivity contribution is 6.20. The van der Waals surface area contributed by atoms with E-state index in [4.69, 9.17) is 4.42 Å². The van der Waals surface area contributed by atoms with Crippen molar-refractivity contribution >= 4 is 60.8 Å². The van der Waals surface area contributed by atoms with E-state index in [2.05, 4.69) is 191 Å². The van der Waals surface area contributed by atoms with Crippen molar-refractivity contribution in [3.63, 3.8) is 0 Å². The quantitative estimate of drug-likeness (QED) is 0.178. The van der Waals surface area contributed by atoms with Crippen LogP contribution in [0.4, 0.5) is 17.1 Å². The van der Waals surface area contributed by atoms with Crippen LogP contribution < -0.4 is 4.90 Å². The molecular formula is C48H32N2O. The van der Waals surface area contributed by atoms with Gasteiger partial charge in [-0.2, -0.15) is 0 Å². The van der Waals surface area contributed by atoms with Gasteiger partial charge < -0.3 is 9.32 Å². The lowest BCUT2D eigenvalue weighted by Crippen LogP contribution is -2.10. The standard InChI is InChI=1S/C48H32N2O/c1-3-12-33(13-4-1)34-22-27-39(28-23-34)49(44-20-11-15-36-14-7-8-18-41(36)44)40-29-24-35(25-30-40)37-26-31-45-43(32-37)47-42-19-9-10-21-46(42)51-48(47)50(45)38-16-5-2-6-17-38/h1-32H. The second-order valence-electron chi connectivity index (χ2n) is 13.0. The predicted molar refractivity (Wildman–Crippen MR) is 214 cm³/mol. The van der Waals surface area contributed by atoms with Crippen LogP contribution in [-0.4, -0.2) is 4.57 Å². The van der Waals surface area contributed by atoms with Gasteiger partial charge in [-0.25, -0.2) is 0 Å². The summed E-state index contributed by atoms with van der Waals surface area (Å²) in [4.78, 5) is 2.37. The van der Waals surface area contributed by atoms with Gasteiger partial charge in [0.25, 0.3) is 0 Å². The van der Waals surface area contributed by atoms with Crippen LogP contribution >= 0.6 is 0 Å². The summed E-state index contributed by atoms with van der Waals surface area (Å²) in [6.07, 6.45) is 0. The molecule has 240 valence electrons. The van der Waals surface area contributed by atoms with E-state index >= 15 is 0 Å². The van der Waals surface area contributed by atoms with Gasteiger partial charge in [0.1, 0.15) is 5.58 Å². The van der Waals surface area contributed by atoms with E-state index in [9.17, 15) is 0 Å². The lowest BCUT2D eigenvalue weighted by Gasteiger charge is -2.27. The van der Waals surface area contributed by atoms with Crippen LogP contribution in [0.25, 0.3) is 71.7 Å². The largest absolute Gasteiger partial charge is 0.439 e. The molecule has 0 amide bonds. The molecule has 0 aliphatic rings. The number of hydrogen-bond acceptors (Lipinski definition) is 2. The van der Waals surface area contributed by atoms with Gasteiger partial charge in [-0.3, -0.25) is 4.57 Å². The van der Waals surface area contributed by atoms with Gasteiger partial charge in [0.2, 0.25) is 5.71 Å². The van der Waals surface area contributed by atoms with E-state index in [1.54, 1.807) is 0 Å². The highest BCUT2D eigenvalue weighted by Crippen LogP contribution is 2.42. The normalized spacial score (nSPS) is 11.5. The average Bonchev–Trinajstić information content (AvgIpc) is 3.74. The van der Waals surface area contributed by atoms with Crippen molar-refractivity contribution in [2.45, 2.75) is 0 Å². The highest BCUT2D eigenvalue weighted by Gasteiger charge is 2.20. The number of rotatable bonds is 6. The average molecular weight is 653 g/mol. The fraction of sp³-hybridized carbons (Fsp3) is 0. The Morgan fingerprint density at radius 2 is 0.980 bits per heavy atom. The molecule has 0 unspecified atom stereocenters. The van der Waals surface area contributed by atoms with E-state index in [1.807, 2.05) is 12.1 Å². The van der Waals surface area contributed by atoms with Crippen LogP contribution in [0.1, 0.15) is 0 Å². The van der Waals surface area contributed by atoms with Crippen molar-refractivity contribution in [2.75, 3.05) is 4.90 Å². The zero-order valence-electron chi connectivity index (χ0n) is 27.8. The number of benzene rings is 8. The maximum Gasteiger partial charge on any atom is 0.213 e. The summed E-state index contributed by atoms with van der Waals surface area (Å²) in [5.74, 6) is 0. The lowest BCUT2D eigenvalue weighted by molar-refractivity contribution is 0.645. The van der Waals surface area contributed by atoms with Crippen molar-refractivity contribution in [3.05, 3.63) is 194 Å². The molecular weight excluding hydrogens is 621 g/mol. The van der Waals surface area contributed by atoms with Crippen LogP contribution in [0.5, 0.6) is 0 Å². The third-order valence-electron chi connectivity index (χ3n) is 10.0. The smallest absolute Gasteiger partial charge is 0.213 e. The number of furan rings is 1. The van der Waals surface area contributed by atoms with Crippen LogP contribution in [0.15, 0.2) is 199 Å². The summed E-state index contributed by atoms with van der Waals surface area (Å²) in [5, 5.41) is 5.87. The Morgan fingerprint density at radius 1 is 0.412 bits per heavy atom. The molecule has 2 aromatic heterocycles. The Kier molecular flexibility index (Phi) is 6.81. The third kappa shape index (κ3) is 4.90. The summed E-state index contributed by atoms with van der Waals surface area (Å²) in [6.45, 7) is 0. The minimum absolute atomic E-state index is 0.869. The minimum atomic E-state index is 0.869. The second-order valence-corrected chi connectivity index (χ2v) is 13.0. The Balaban J connectivity index is 1.10. The molecule has 0 N–H and O–H groups in total. The van der Waals surface area contributed by atoms with Gasteiger partial charge in [0.15, 0.2) is 0 Å². The number of aromatic nitrogens is 1. The monoisotopic (exact) mass is 652 g/mol. The van der Waals surface area contributed by atoms with E-state index in [0.29, 0.717) is 0 Å². The van der Waals surface area contributed by atoms with E-state index in [-0.39, 0.29) is 0 Å². The van der Waals surface area contributed by atoms with Crippen molar-refractivity contribution in [3.8, 4) is 27.9 Å². The van der Waals surface area contributed by atoms with Crippen molar-refractivity contribution in [2.24, 2.45) is 0 Å². The minimum Gasteiger partial charge on any atom is -0.439 e. The summed E-state index contributed by atoms with van der Waals surface area (Å²) in [7, 11) is 0. The Morgan fingerprint density at radius 3 is 1.73 bits per heavy atom. The molecule has 0 saturated carbocycles. The fourth-order valence-corrected chi connectivity index (χ4v) is 7.57. The molecule has 0 aliphatic heterocycles. The van der Waals surface area contributed by atoms with E-state index in [1.165, 1.54) is 27.3 Å². The zero-order valence-corrected chi connectivity index (χ0v) is 27.8. The molecule has 3 nitrogen and oxygen atoms in total. The van der Waals surface area contributed by atoms with Gasteiger partial charge in [0, 0.05) is 33.2 Å². The van der Waals surface area contributed by atoms with Gasteiger partial charge in [-0.1, -0.05) is 133 Å². The maximum atomic E-state index is 6.52. The SMILES string of the molecule is c1ccc(-c2ccc(N(c3ccc(-c4ccc5c(c4)c4c6ccccc6oc4n5-c4ccccc4)cc3)c3cccc4ccccc34)cc2)cc1. The van der Waals surface area contributed by atoms with E-state index < -0.39 is 0 Å². The number of anilines is 3. The Hall–Kier alpha value is -6.84. The second kappa shape index (κ2) is 11.9. The molecule has 10 aromatic rings. The first-order valence-corrected chi connectivity index (χ1v) is 17.4. The maximum absolute atomic E-state index is 6.52. The van der Waals surface area contributed by atoms with Crippen molar-refractivity contribution in [1.29, 1.82) is 0 Å². The third-order valence-corrected chi connectivity index (χ3v) is 10.0. The van der Waals surface area contributed by atoms with E-state index in [0.717, 1.165) is 61.5 Å². The lowest BCUT2D eigenvalue weighted by atomic mass is 10.0. The van der Waals surface area contributed by atoms with Gasteiger partial charge in [0.05, 0.1) is 16.6 Å². The molecule has 0 radical (unpaired) electrons. The first-order chi connectivity index (χ1) is 25.3. The summed E-state index contributed by atoms with van der Waals surface area (Å²) in [5.41, 5.74) is 12.1. The van der Waals surface area contributed by atoms with Crippen LogP contribution in [0, 0.1) is 0 Å². The molecule has 0 spiro atoms. The number of fused-ring (bicyclic) bond motifs is 6. The molecule has 0 saturated heterocycles. The Labute approximate surface area is 295 Å². The number of nitrogens with zero attached hydrogens (tertiary/aromatic N) is 2. The molecule has 0 aliphatic carbocycles. The summed E-state index contributed by atoms with van der Waals surface area (Å²) < 4.78 is 8.75. The van der Waals surface area contributed by atoms with Crippen molar-refractivity contribution < 1.29 is 4.42 Å². The van der Waals surface area contributed by atoms with Crippen LogP contribution in [0.3, 0.4) is 0 Å². The van der Waals surface area contributed by atoms with Gasteiger partial charge >= 0.3 is 0 Å². The molecule has 10 rings (SSSR count). The highest BCUT2D eigenvalue weighted by atomic mass is 16.3. The molecule has 3 heteroatoms.